The molecule has 1 aromatic carbocycles. The van der Waals surface area contributed by atoms with Crippen LogP contribution in [-0.4, -0.2) is 83.4 Å². The van der Waals surface area contributed by atoms with Crippen LogP contribution in [0.1, 0.15) is 26.3 Å². The fourth-order valence-electron chi connectivity index (χ4n) is 4.01. The highest BCUT2D eigenvalue weighted by Crippen LogP contribution is 2.37. The molecule has 0 unspecified atom stereocenters. The van der Waals surface area contributed by atoms with Crippen LogP contribution < -0.4 is 0 Å². The number of aromatic nitrogens is 1. The van der Waals surface area contributed by atoms with E-state index in [1.54, 1.807) is 20.8 Å². The normalized spacial score (nSPS) is 20.9. The first kappa shape index (κ1) is 29.1. The van der Waals surface area contributed by atoms with Crippen molar-refractivity contribution >= 4 is 49.2 Å². The minimum atomic E-state index is -4.50. The molecule has 1 aliphatic rings. The molecule has 1 aliphatic heterocycles. The van der Waals surface area contributed by atoms with E-state index in [1.807, 2.05) is 6.07 Å². The number of carboxylic acid groups (broad SMARTS) is 1. The van der Waals surface area contributed by atoms with Gasteiger partial charge in [-0.15, -0.1) is 0 Å². The van der Waals surface area contributed by atoms with Gasteiger partial charge in [0.05, 0.1) is 28.2 Å². The van der Waals surface area contributed by atoms with Gasteiger partial charge in [0.15, 0.2) is 5.03 Å². The zero-order valence-electron chi connectivity index (χ0n) is 20.0. The molecule has 3 rings (SSSR count). The highest BCUT2D eigenvalue weighted by atomic mass is 35.5. The maximum Gasteiger partial charge on any atom is 0.407 e. The quantitative estimate of drug-likeness (QED) is 0.513. The first-order chi connectivity index (χ1) is 16.9. The van der Waals surface area contributed by atoms with Crippen LogP contribution in [0.3, 0.4) is 0 Å². The van der Waals surface area contributed by atoms with E-state index in [9.17, 15) is 31.8 Å². The van der Waals surface area contributed by atoms with Crippen LogP contribution in [-0.2, 0) is 19.9 Å². The van der Waals surface area contributed by atoms with E-state index < -0.39 is 71.9 Å². The third-order valence-electron chi connectivity index (χ3n) is 5.94. The molecule has 2 heterocycles. The van der Waals surface area contributed by atoms with E-state index in [2.05, 4.69) is 4.98 Å². The second-order valence-electron chi connectivity index (χ2n) is 9.55. The molecule has 1 fully saturated rings. The van der Waals surface area contributed by atoms with Gasteiger partial charge in [0.2, 0.25) is 19.9 Å². The number of nitrogens with zero attached hydrogens (tertiary/aromatic N) is 4. The molecule has 0 bridgehead atoms. The predicted octanol–water partition coefficient (Wildman–Crippen LogP) is 2.62. The fraction of sp³-hybridized carbons (Fsp3) is 0.409. The summed E-state index contributed by atoms with van der Waals surface area (Å²) in [6.45, 7) is 2.48. The largest absolute Gasteiger partial charge is 0.465 e. The zero-order chi connectivity index (χ0) is 28.0. The Bertz CT molecular complexity index is 1470. The van der Waals surface area contributed by atoms with Crippen molar-refractivity contribution in [2.75, 3.05) is 19.6 Å². The zero-order valence-corrected chi connectivity index (χ0v) is 23.1. The minimum absolute atomic E-state index is 0.110. The van der Waals surface area contributed by atoms with Gasteiger partial charge in [0.1, 0.15) is 15.7 Å². The summed E-state index contributed by atoms with van der Waals surface area (Å²) in [5.41, 5.74) is -3.31. The summed E-state index contributed by atoms with van der Waals surface area (Å²) in [5, 5.41) is 28.2. The van der Waals surface area contributed by atoms with Crippen molar-refractivity contribution in [1.82, 2.24) is 14.2 Å². The van der Waals surface area contributed by atoms with E-state index in [0.29, 0.717) is 0 Å². The van der Waals surface area contributed by atoms with Crippen molar-refractivity contribution in [2.45, 2.75) is 47.1 Å². The number of nitriles is 1. The Hall–Kier alpha value is -2.47. The molecule has 2 atom stereocenters. The Morgan fingerprint density at radius 1 is 1.24 bits per heavy atom. The maximum atomic E-state index is 13.6. The Morgan fingerprint density at radius 3 is 2.38 bits per heavy atom. The molecular formula is C22H24Cl2N4O7S2. The van der Waals surface area contributed by atoms with Crippen LogP contribution in [0.2, 0.25) is 10.0 Å². The minimum Gasteiger partial charge on any atom is -0.465 e. The first-order valence-corrected chi connectivity index (χ1v) is 14.5. The first-order valence-electron chi connectivity index (χ1n) is 10.7. The smallest absolute Gasteiger partial charge is 0.407 e. The van der Waals surface area contributed by atoms with Crippen molar-refractivity contribution in [3.8, 4) is 6.07 Å². The number of aliphatic hydroxyl groups is 1. The number of benzene rings is 1. The summed E-state index contributed by atoms with van der Waals surface area (Å²) < 4.78 is 55.0. The Labute approximate surface area is 224 Å². The van der Waals surface area contributed by atoms with Gasteiger partial charge in [-0.2, -0.15) is 9.57 Å². The molecule has 15 heteroatoms. The van der Waals surface area contributed by atoms with E-state index >= 15 is 0 Å². The lowest BCUT2D eigenvalue weighted by Crippen LogP contribution is -2.59. The van der Waals surface area contributed by atoms with E-state index in [4.69, 9.17) is 28.5 Å². The van der Waals surface area contributed by atoms with E-state index in [0.717, 1.165) is 33.6 Å². The summed E-state index contributed by atoms with van der Waals surface area (Å²) >= 11 is 11.9. The SMILES string of the molecule is CC(C)(C)N(C[C@]1(O)CN(S(=O)(=O)c2ccc(C#N)cc2Cl)C[C@@H]1S(=O)(=O)c1ccc(Cl)cn1)C(=O)O. The van der Waals surface area contributed by atoms with Gasteiger partial charge >= 0.3 is 6.09 Å². The molecule has 2 aromatic rings. The third kappa shape index (κ3) is 5.69. The van der Waals surface area contributed by atoms with Gasteiger partial charge in [-0.05, 0) is 51.1 Å². The van der Waals surface area contributed by atoms with E-state index in [-0.39, 0.29) is 15.6 Å². The van der Waals surface area contributed by atoms with Crippen molar-refractivity contribution < 1.29 is 31.8 Å². The fourth-order valence-corrected chi connectivity index (χ4v) is 8.10. The van der Waals surface area contributed by atoms with Gasteiger partial charge in [0.25, 0.3) is 0 Å². The van der Waals surface area contributed by atoms with Crippen molar-refractivity contribution in [3.05, 3.63) is 52.1 Å². The topological polar surface area (TPSA) is 169 Å². The van der Waals surface area contributed by atoms with Crippen molar-refractivity contribution in [1.29, 1.82) is 5.26 Å². The monoisotopic (exact) mass is 590 g/mol. The Balaban J connectivity index is 2.14. The van der Waals surface area contributed by atoms with Crippen LogP contribution in [0.4, 0.5) is 4.79 Å². The number of hydrogen-bond donors (Lipinski definition) is 2. The molecule has 1 amide bonds. The predicted molar refractivity (Wildman–Crippen MR) is 135 cm³/mol. The number of halogens is 2. The van der Waals surface area contributed by atoms with Gasteiger partial charge < -0.3 is 15.1 Å². The van der Waals surface area contributed by atoms with Crippen molar-refractivity contribution in [2.24, 2.45) is 0 Å². The molecule has 0 aliphatic carbocycles. The lowest BCUT2D eigenvalue weighted by molar-refractivity contribution is -0.00325. The highest BCUT2D eigenvalue weighted by molar-refractivity contribution is 7.92. The average molecular weight is 591 g/mol. The molecule has 200 valence electrons. The molecule has 1 aromatic heterocycles. The molecule has 11 nitrogen and oxygen atoms in total. The number of sulfone groups is 1. The molecule has 2 N–H and O–H groups in total. The number of pyridine rings is 1. The summed E-state index contributed by atoms with van der Waals surface area (Å²) in [6, 6.07) is 7.72. The second-order valence-corrected chi connectivity index (χ2v) is 14.4. The number of rotatable bonds is 6. The highest BCUT2D eigenvalue weighted by Gasteiger charge is 2.57. The van der Waals surface area contributed by atoms with Gasteiger partial charge in [0, 0.05) is 24.8 Å². The van der Waals surface area contributed by atoms with Crippen molar-refractivity contribution in [3.63, 3.8) is 0 Å². The molecule has 0 spiro atoms. The molecule has 1 saturated heterocycles. The average Bonchev–Trinajstić information content (AvgIpc) is 3.16. The summed E-state index contributed by atoms with van der Waals surface area (Å²) in [6.07, 6.45) is -0.343. The summed E-state index contributed by atoms with van der Waals surface area (Å²) in [4.78, 5) is 16.3. The number of sulfonamides is 1. The standard InChI is InChI=1S/C22H24Cl2N4O7S2/c1-21(2,3)28(20(29)30)13-22(31)12-27(37(34,35)17-6-4-14(9-25)8-16(17)24)11-18(22)36(32,33)19-7-5-15(23)10-26-19/h4-8,10,18,31H,11-13H2,1-3H3,(H,29,30)/t18-,22+/m0/s1. The number of β-amino-alcohol motifs (C(OH)–C–C–N with tert-alkyl or cyclic N) is 1. The summed E-state index contributed by atoms with van der Waals surface area (Å²) in [7, 11) is -8.98. The van der Waals surface area contributed by atoms with Crippen LogP contribution in [0.25, 0.3) is 0 Å². The van der Waals surface area contributed by atoms with Crippen LogP contribution >= 0.6 is 23.2 Å². The number of hydrogen-bond acceptors (Lipinski definition) is 8. The lowest BCUT2D eigenvalue weighted by Gasteiger charge is -2.39. The van der Waals surface area contributed by atoms with E-state index in [1.165, 1.54) is 12.1 Å². The summed E-state index contributed by atoms with van der Waals surface area (Å²) in [5.74, 6) is 0. The lowest BCUT2D eigenvalue weighted by atomic mass is 9.98. The molecule has 37 heavy (non-hydrogen) atoms. The molecule has 0 saturated carbocycles. The molecular weight excluding hydrogens is 567 g/mol. The maximum absolute atomic E-state index is 13.6. The van der Waals surface area contributed by atoms with Gasteiger partial charge in [-0.3, -0.25) is 0 Å². The van der Waals surface area contributed by atoms with Gasteiger partial charge in [-0.25, -0.2) is 26.6 Å². The molecule has 0 radical (unpaired) electrons. The Kier molecular flexibility index (Phi) is 7.87. The number of carbonyl (C=O) groups is 1. The third-order valence-corrected chi connectivity index (χ3v) is 10.6. The number of amides is 1. The van der Waals surface area contributed by atoms with Crippen LogP contribution in [0.5, 0.6) is 0 Å². The van der Waals surface area contributed by atoms with Crippen LogP contribution in [0, 0.1) is 11.3 Å². The second kappa shape index (κ2) is 10.0. The van der Waals surface area contributed by atoms with Crippen LogP contribution in [0.15, 0.2) is 46.5 Å². The van der Waals surface area contributed by atoms with Gasteiger partial charge in [-0.1, -0.05) is 23.2 Å². The Morgan fingerprint density at radius 2 is 1.89 bits per heavy atom.